The van der Waals surface area contributed by atoms with Crippen LogP contribution in [-0.2, 0) is 13.1 Å². The average Bonchev–Trinajstić information content (AvgIpc) is 2.77. The van der Waals surface area contributed by atoms with Crippen molar-refractivity contribution >= 4 is 0 Å². The minimum Gasteiger partial charge on any atom is -0.343 e. The minimum atomic E-state index is -0.848. The molecule has 0 spiro atoms. The molecule has 6 heteroatoms. The molecule has 0 aliphatic carbocycles. The third-order valence-corrected chi connectivity index (χ3v) is 2.04. The third kappa shape index (κ3) is 2.40. The van der Waals surface area contributed by atoms with Crippen molar-refractivity contribution in [3.05, 3.63) is 47.6 Å². The van der Waals surface area contributed by atoms with E-state index in [-0.39, 0.29) is 12.1 Å². The number of halogens is 2. The van der Waals surface area contributed by atoms with Gasteiger partial charge in [-0.25, -0.2) is 8.78 Å². The summed E-state index contributed by atoms with van der Waals surface area (Å²) >= 11 is 0. The van der Waals surface area contributed by atoms with Crippen LogP contribution >= 0.6 is 0 Å². The summed E-state index contributed by atoms with van der Waals surface area (Å²) in [4.78, 5) is 3.78. The Balaban J connectivity index is 1.92. The second-order valence-corrected chi connectivity index (χ2v) is 3.16. The molecule has 0 atom stereocenters. The van der Waals surface area contributed by atoms with Crippen LogP contribution < -0.4 is 5.32 Å². The van der Waals surface area contributed by atoms with Gasteiger partial charge in [-0.3, -0.25) is 0 Å². The number of rotatable bonds is 4. The first-order valence-electron chi connectivity index (χ1n) is 4.66. The van der Waals surface area contributed by atoms with Crippen LogP contribution in [0.4, 0.5) is 8.78 Å². The first-order valence-corrected chi connectivity index (χ1v) is 4.66. The highest BCUT2D eigenvalue weighted by Gasteiger charge is 2.07. The highest BCUT2D eigenvalue weighted by atomic mass is 19.2. The van der Waals surface area contributed by atoms with E-state index in [4.69, 9.17) is 0 Å². The lowest BCUT2D eigenvalue weighted by molar-refractivity contribution is 0.407. The van der Waals surface area contributed by atoms with E-state index in [0.717, 1.165) is 6.07 Å². The maximum atomic E-state index is 13.2. The van der Waals surface area contributed by atoms with E-state index >= 15 is 0 Å². The Kier molecular flexibility index (Phi) is 3.21. The summed E-state index contributed by atoms with van der Waals surface area (Å²) in [7, 11) is 0. The lowest BCUT2D eigenvalue weighted by atomic mass is 10.2. The molecule has 0 amide bonds. The summed E-state index contributed by atoms with van der Waals surface area (Å²) < 4.78 is 30.6. The normalized spacial score (nSPS) is 10.6. The molecule has 2 aromatic rings. The molecule has 0 saturated heterocycles. The molecule has 4 nitrogen and oxygen atoms in total. The Morgan fingerprint density at radius 3 is 2.88 bits per heavy atom. The molecule has 0 radical (unpaired) electrons. The topological polar surface area (TPSA) is 51.0 Å². The number of aromatic nitrogens is 2. The summed E-state index contributed by atoms with van der Waals surface area (Å²) in [5.74, 6) is -1.21. The van der Waals surface area contributed by atoms with Crippen LogP contribution in [0.2, 0.25) is 0 Å². The molecule has 0 saturated carbocycles. The van der Waals surface area contributed by atoms with Crippen molar-refractivity contribution in [3.63, 3.8) is 0 Å². The molecule has 1 N–H and O–H groups in total. The van der Waals surface area contributed by atoms with E-state index in [9.17, 15) is 8.78 Å². The van der Waals surface area contributed by atoms with Crippen LogP contribution in [0.15, 0.2) is 29.1 Å². The standard InChI is InChI=1S/C10H9F2N3O/c11-8-3-1-2-7(10(8)12)4-13-5-9-14-6-16-15-9/h1-3,6,13H,4-5H2. The zero-order valence-electron chi connectivity index (χ0n) is 8.28. The average molecular weight is 225 g/mol. The van der Waals surface area contributed by atoms with Crippen molar-refractivity contribution in [1.29, 1.82) is 0 Å². The summed E-state index contributed by atoms with van der Waals surface area (Å²) in [6, 6.07) is 4.06. The Labute approximate surface area is 90.3 Å². The molecule has 0 unspecified atom stereocenters. The van der Waals surface area contributed by atoms with Crippen molar-refractivity contribution in [2.24, 2.45) is 0 Å². The number of hydrogen-bond acceptors (Lipinski definition) is 4. The van der Waals surface area contributed by atoms with Crippen LogP contribution in [0.25, 0.3) is 0 Å². The highest BCUT2D eigenvalue weighted by molar-refractivity contribution is 5.18. The minimum absolute atomic E-state index is 0.206. The molecule has 1 aromatic heterocycles. The molecule has 0 aliphatic heterocycles. The van der Waals surface area contributed by atoms with Gasteiger partial charge in [-0.15, -0.1) is 0 Å². The fourth-order valence-electron chi connectivity index (χ4n) is 1.26. The lowest BCUT2D eigenvalue weighted by Crippen LogP contribution is -2.15. The molecule has 1 aromatic carbocycles. The second kappa shape index (κ2) is 4.80. The van der Waals surface area contributed by atoms with Gasteiger partial charge in [0.2, 0.25) is 6.39 Å². The first-order chi connectivity index (χ1) is 7.77. The SMILES string of the molecule is Fc1cccc(CNCc2ncon2)c1F. The van der Waals surface area contributed by atoms with Gasteiger partial charge in [0.1, 0.15) is 0 Å². The second-order valence-electron chi connectivity index (χ2n) is 3.16. The van der Waals surface area contributed by atoms with E-state index in [1.165, 1.54) is 18.5 Å². The first kappa shape index (κ1) is 10.7. The van der Waals surface area contributed by atoms with E-state index in [2.05, 4.69) is 20.0 Å². The fourth-order valence-corrected chi connectivity index (χ4v) is 1.26. The van der Waals surface area contributed by atoms with E-state index < -0.39 is 11.6 Å². The zero-order chi connectivity index (χ0) is 11.4. The van der Waals surface area contributed by atoms with Crippen molar-refractivity contribution in [3.8, 4) is 0 Å². The van der Waals surface area contributed by atoms with Gasteiger partial charge >= 0.3 is 0 Å². The Bertz CT molecular complexity index is 459. The van der Waals surface area contributed by atoms with Crippen molar-refractivity contribution in [2.45, 2.75) is 13.1 Å². The van der Waals surface area contributed by atoms with Gasteiger partial charge in [-0.1, -0.05) is 17.3 Å². The Morgan fingerprint density at radius 2 is 2.12 bits per heavy atom. The van der Waals surface area contributed by atoms with E-state index in [0.29, 0.717) is 12.4 Å². The largest absolute Gasteiger partial charge is 0.343 e. The maximum Gasteiger partial charge on any atom is 0.213 e. The third-order valence-electron chi connectivity index (χ3n) is 2.04. The highest BCUT2D eigenvalue weighted by Crippen LogP contribution is 2.10. The van der Waals surface area contributed by atoms with Gasteiger partial charge in [-0.2, -0.15) is 4.98 Å². The molecule has 0 fully saturated rings. The van der Waals surface area contributed by atoms with Gasteiger partial charge in [0.05, 0.1) is 6.54 Å². The van der Waals surface area contributed by atoms with Crippen LogP contribution in [0.3, 0.4) is 0 Å². The molecular formula is C10H9F2N3O. The molecule has 1 heterocycles. The van der Waals surface area contributed by atoms with Crippen molar-refractivity contribution in [2.75, 3.05) is 0 Å². The molecule has 16 heavy (non-hydrogen) atoms. The Hall–Kier alpha value is -1.82. The van der Waals surface area contributed by atoms with E-state index in [1.807, 2.05) is 0 Å². The smallest absolute Gasteiger partial charge is 0.213 e. The van der Waals surface area contributed by atoms with Crippen LogP contribution in [0, 0.1) is 11.6 Å². The molecule has 0 bridgehead atoms. The monoisotopic (exact) mass is 225 g/mol. The quantitative estimate of drug-likeness (QED) is 0.859. The van der Waals surface area contributed by atoms with Gasteiger partial charge in [0.25, 0.3) is 0 Å². The fraction of sp³-hybridized carbons (Fsp3) is 0.200. The molecule has 84 valence electrons. The van der Waals surface area contributed by atoms with Crippen LogP contribution in [-0.4, -0.2) is 10.1 Å². The van der Waals surface area contributed by atoms with E-state index in [1.54, 1.807) is 0 Å². The van der Waals surface area contributed by atoms with Crippen molar-refractivity contribution < 1.29 is 13.3 Å². The number of nitrogens with zero attached hydrogens (tertiary/aromatic N) is 2. The van der Waals surface area contributed by atoms with Gasteiger partial charge in [0, 0.05) is 12.1 Å². The summed E-state index contributed by atoms with van der Waals surface area (Å²) in [6.07, 6.45) is 1.21. The van der Waals surface area contributed by atoms with Crippen LogP contribution in [0.5, 0.6) is 0 Å². The number of hydrogen-bond donors (Lipinski definition) is 1. The predicted octanol–water partition coefficient (Wildman–Crippen LogP) is 1.64. The zero-order valence-corrected chi connectivity index (χ0v) is 8.28. The van der Waals surface area contributed by atoms with Gasteiger partial charge in [0.15, 0.2) is 17.5 Å². The summed E-state index contributed by atoms with van der Waals surface area (Å²) in [5.41, 5.74) is 0.267. The molecular weight excluding hydrogens is 216 g/mol. The number of nitrogens with one attached hydrogen (secondary N) is 1. The molecule has 0 aliphatic rings. The van der Waals surface area contributed by atoms with Gasteiger partial charge in [-0.05, 0) is 6.07 Å². The lowest BCUT2D eigenvalue weighted by Gasteiger charge is -2.04. The van der Waals surface area contributed by atoms with Crippen molar-refractivity contribution in [1.82, 2.24) is 15.5 Å². The Morgan fingerprint density at radius 1 is 1.25 bits per heavy atom. The molecule has 2 rings (SSSR count). The predicted molar refractivity (Wildman–Crippen MR) is 51.2 cm³/mol. The van der Waals surface area contributed by atoms with Crippen LogP contribution in [0.1, 0.15) is 11.4 Å². The summed E-state index contributed by atoms with van der Waals surface area (Å²) in [5, 5.41) is 6.45. The van der Waals surface area contributed by atoms with Gasteiger partial charge < -0.3 is 9.84 Å². The number of benzene rings is 1. The summed E-state index contributed by atoms with van der Waals surface area (Å²) in [6.45, 7) is 0.546. The maximum absolute atomic E-state index is 13.2.